The van der Waals surface area contributed by atoms with Gasteiger partial charge < -0.3 is 13.7 Å². The maximum Gasteiger partial charge on any atom is 0.226 e. The highest BCUT2D eigenvalue weighted by Crippen LogP contribution is 2.42. The first-order valence-electron chi connectivity index (χ1n) is 38.1. The van der Waals surface area contributed by atoms with Gasteiger partial charge in [0.05, 0.1) is 33.1 Å². The SMILES string of the molecule is Clc1nc(-c2ccc3c(c2)c2ccccc2n3-c2ccccc2)nc(-c2c3ccccc3cc3ccccc23)n1.Clc1nc(-c2ccc3c4ccccc4n(-c4ccccc4)c3c2)nc(-c2cccc3ccccc23)n1.Clc1nc(-c2ccccc2)nc(-c2ccc3c4ccccc4n(-c4ccc5c(ccc6ccccc65)c4)c3c2)n1. The van der Waals surface area contributed by atoms with E-state index in [9.17, 15) is 0 Å². The molecule has 0 amide bonds. The molecular weight excluding hydrogens is 1490 g/mol. The number of para-hydroxylation sites is 5. The van der Waals surface area contributed by atoms with E-state index in [0.717, 1.165) is 121 Å². The minimum atomic E-state index is 0.170. The summed E-state index contributed by atoms with van der Waals surface area (Å²) in [5, 5.41) is 19.1. The Balaban J connectivity index is 0.000000109. The van der Waals surface area contributed by atoms with Crippen molar-refractivity contribution >= 4 is 154 Å². The van der Waals surface area contributed by atoms with E-state index in [-0.39, 0.29) is 15.9 Å². The maximum absolute atomic E-state index is 6.58. The van der Waals surface area contributed by atoms with Gasteiger partial charge in [-0.3, -0.25) is 0 Å². The van der Waals surface area contributed by atoms with Crippen LogP contribution < -0.4 is 0 Å². The Hall–Kier alpha value is -14.7. The van der Waals surface area contributed by atoms with Crippen molar-refractivity contribution in [3.05, 3.63) is 386 Å². The molecule has 116 heavy (non-hydrogen) atoms. The number of fused-ring (bicyclic) bond motifs is 15. The van der Waals surface area contributed by atoms with Crippen LogP contribution in [-0.4, -0.2) is 58.6 Å². The van der Waals surface area contributed by atoms with Gasteiger partial charge in [-0.25, -0.2) is 15.0 Å². The van der Waals surface area contributed by atoms with Crippen LogP contribution in [0.4, 0.5) is 0 Å². The molecule has 0 N–H and O–H groups in total. The monoisotopic (exact) mass is 1550 g/mol. The van der Waals surface area contributed by atoms with E-state index in [1.165, 1.54) is 48.5 Å². The number of rotatable bonds is 9. The predicted molar refractivity (Wildman–Crippen MR) is 478 cm³/mol. The number of hydrogen-bond donors (Lipinski definition) is 0. The van der Waals surface area contributed by atoms with E-state index >= 15 is 0 Å². The average molecular weight is 1550 g/mol. The van der Waals surface area contributed by atoms with Gasteiger partial charge in [-0.15, -0.1) is 0 Å². The van der Waals surface area contributed by atoms with Gasteiger partial charge in [0.2, 0.25) is 15.9 Å². The van der Waals surface area contributed by atoms with Gasteiger partial charge in [0.15, 0.2) is 34.9 Å². The fourth-order valence-electron chi connectivity index (χ4n) is 16.5. The van der Waals surface area contributed by atoms with Crippen molar-refractivity contribution in [2.24, 2.45) is 0 Å². The number of halogens is 3. The molecule has 0 aliphatic carbocycles. The predicted octanol–water partition coefficient (Wildman–Crippen LogP) is 26.6. The molecule has 12 nitrogen and oxygen atoms in total. The Morgan fingerprint density at radius 1 is 0.172 bits per heavy atom. The van der Waals surface area contributed by atoms with Crippen molar-refractivity contribution in [3.63, 3.8) is 0 Å². The van der Waals surface area contributed by atoms with Crippen LogP contribution in [0.1, 0.15) is 0 Å². The van der Waals surface area contributed by atoms with E-state index in [1.54, 1.807) is 0 Å². The molecule has 6 heterocycles. The normalized spacial score (nSPS) is 11.6. The zero-order valence-corrected chi connectivity index (χ0v) is 64.0. The van der Waals surface area contributed by atoms with Gasteiger partial charge in [-0.1, -0.05) is 279 Å². The molecule has 546 valence electrons. The maximum atomic E-state index is 6.58. The van der Waals surface area contributed by atoms with E-state index in [4.69, 9.17) is 49.8 Å². The van der Waals surface area contributed by atoms with E-state index in [0.29, 0.717) is 34.9 Å². The molecule has 0 bridgehead atoms. The summed E-state index contributed by atoms with van der Waals surface area (Å²) in [7, 11) is 0. The van der Waals surface area contributed by atoms with Crippen molar-refractivity contribution in [1.29, 1.82) is 0 Å². The molecule has 0 aliphatic rings. The third-order valence-electron chi connectivity index (χ3n) is 21.7. The standard InChI is InChI=1S/2C35H21ClN4.C31H19ClN4/c36-35-38-33(37-34(39-35)32-26-14-6-4-10-22(26)20-23-11-5-7-15-27(23)32)24-18-19-31-29(21-24)28-16-8-9-17-30(28)40(31)25-12-2-1-3-13-25;36-35-38-33(23-9-2-1-3-10-23)37-34(39-35)25-16-18-30-29-12-6-7-13-31(29)40(32(30)21-25)26-17-19-28-24(20-26)15-14-22-8-4-5-11-27(22)28;32-31-34-29(33-30(35-31)26-15-8-10-20-9-4-5-13-23(20)26)21-17-18-25-24-14-6-7-16-27(24)36(28(25)19-21)22-11-2-1-3-12-22/h2*1-21H;1-19H. The van der Waals surface area contributed by atoms with Gasteiger partial charge in [0.1, 0.15) is 0 Å². The van der Waals surface area contributed by atoms with Crippen molar-refractivity contribution < 1.29 is 0 Å². The fourth-order valence-corrected chi connectivity index (χ4v) is 17.0. The lowest BCUT2D eigenvalue weighted by atomic mass is 9.96. The van der Waals surface area contributed by atoms with Gasteiger partial charge in [0.25, 0.3) is 0 Å². The molecule has 0 aliphatic heterocycles. The molecule has 0 unspecified atom stereocenters. The summed E-state index contributed by atoms with van der Waals surface area (Å²) in [4.78, 5) is 41.7. The molecule has 0 atom stereocenters. The van der Waals surface area contributed by atoms with Crippen LogP contribution in [-0.2, 0) is 0 Å². The van der Waals surface area contributed by atoms with Crippen molar-refractivity contribution in [1.82, 2.24) is 58.6 Å². The van der Waals surface area contributed by atoms with Gasteiger partial charge >= 0.3 is 0 Å². The third-order valence-corrected chi connectivity index (χ3v) is 22.2. The smallest absolute Gasteiger partial charge is 0.226 e. The summed E-state index contributed by atoms with van der Waals surface area (Å²) in [5.41, 5.74) is 15.5. The summed E-state index contributed by atoms with van der Waals surface area (Å²) in [5.74, 6) is 3.32. The fraction of sp³-hybridized carbons (Fsp3) is 0. The Kier molecular flexibility index (Phi) is 17.4. The molecular formula is C101H61Cl3N12. The number of hydrogen-bond acceptors (Lipinski definition) is 9. The Bertz CT molecular complexity index is 7780. The quantitative estimate of drug-likeness (QED) is 0.102. The van der Waals surface area contributed by atoms with Gasteiger partial charge in [-0.2, -0.15) is 29.9 Å². The van der Waals surface area contributed by atoms with Crippen LogP contribution in [0.25, 0.3) is 205 Å². The van der Waals surface area contributed by atoms with Gasteiger partial charge in [-0.05, 0) is 180 Å². The van der Waals surface area contributed by atoms with Crippen LogP contribution in [0, 0.1) is 0 Å². The minimum Gasteiger partial charge on any atom is -0.309 e. The second kappa shape index (κ2) is 29.1. The summed E-state index contributed by atoms with van der Waals surface area (Å²) in [6.07, 6.45) is 0. The first kappa shape index (κ1) is 69.3. The molecule has 15 heteroatoms. The summed E-state index contributed by atoms with van der Waals surface area (Å²) >= 11 is 19.4. The first-order valence-corrected chi connectivity index (χ1v) is 39.2. The highest BCUT2D eigenvalue weighted by molar-refractivity contribution is 6.29. The molecule has 23 rings (SSSR count). The number of aromatic nitrogens is 12. The lowest BCUT2D eigenvalue weighted by molar-refractivity contribution is 1.07. The molecule has 23 aromatic rings. The summed E-state index contributed by atoms with van der Waals surface area (Å²) < 4.78 is 6.90. The lowest BCUT2D eigenvalue weighted by Crippen LogP contribution is -1.99. The Morgan fingerprint density at radius 3 is 1.09 bits per heavy atom. The first-order chi connectivity index (χ1) is 57.2. The summed E-state index contributed by atoms with van der Waals surface area (Å²) in [6, 6.07) is 128. The van der Waals surface area contributed by atoms with Crippen molar-refractivity contribution in [2.75, 3.05) is 0 Å². The lowest BCUT2D eigenvalue weighted by Gasteiger charge is -2.12. The molecule has 17 aromatic carbocycles. The molecule has 6 aromatic heterocycles. The highest BCUT2D eigenvalue weighted by atomic mass is 35.5. The van der Waals surface area contributed by atoms with E-state index in [1.807, 2.05) is 91.0 Å². The average Bonchev–Trinajstić information content (AvgIpc) is 1.59. The molecule has 0 fully saturated rings. The molecule has 0 radical (unpaired) electrons. The van der Waals surface area contributed by atoms with E-state index < -0.39 is 0 Å². The molecule has 0 spiro atoms. The number of benzene rings is 17. The van der Waals surface area contributed by atoms with E-state index in [2.05, 4.69) is 323 Å². The van der Waals surface area contributed by atoms with Gasteiger partial charge in [0, 0.05) is 82.8 Å². The van der Waals surface area contributed by atoms with Crippen LogP contribution in [0.5, 0.6) is 0 Å². The second-order valence-corrected chi connectivity index (χ2v) is 29.5. The van der Waals surface area contributed by atoms with Crippen LogP contribution in [0.2, 0.25) is 15.9 Å². The molecule has 0 saturated heterocycles. The second-order valence-electron chi connectivity index (χ2n) is 28.5. The highest BCUT2D eigenvalue weighted by Gasteiger charge is 2.22. The largest absolute Gasteiger partial charge is 0.309 e. The molecule has 0 saturated carbocycles. The Labute approximate surface area is 679 Å². The summed E-state index contributed by atoms with van der Waals surface area (Å²) in [6.45, 7) is 0. The zero-order valence-electron chi connectivity index (χ0n) is 61.7. The minimum absolute atomic E-state index is 0.170. The zero-order chi connectivity index (χ0) is 77.3. The number of nitrogens with zero attached hydrogens (tertiary/aromatic N) is 12. The third kappa shape index (κ3) is 12.5. The Morgan fingerprint density at radius 2 is 0.517 bits per heavy atom. The van der Waals surface area contributed by atoms with Crippen LogP contribution in [0.3, 0.4) is 0 Å². The van der Waals surface area contributed by atoms with Crippen molar-refractivity contribution in [3.8, 4) is 85.4 Å². The van der Waals surface area contributed by atoms with Crippen LogP contribution >= 0.6 is 34.8 Å². The van der Waals surface area contributed by atoms with Crippen LogP contribution in [0.15, 0.2) is 370 Å². The van der Waals surface area contributed by atoms with Crippen molar-refractivity contribution in [2.45, 2.75) is 0 Å². The topological polar surface area (TPSA) is 131 Å².